The van der Waals surface area contributed by atoms with Crippen LogP contribution in [0.2, 0.25) is 0 Å². The average molecular weight is 388 g/mol. The number of hydrogen-bond donors (Lipinski definition) is 1. The van der Waals surface area contributed by atoms with Crippen molar-refractivity contribution in [2.24, 2.45) is 10.1 Å². The molecule has 0 spiro atoms. The van der Waals surface area contributed by atoms with Crippen LogP contribution in [0, 0.1) is 0 Å². The van der Waals surface area contributed by atoms with E-state index in [1.165, 1.54) is 0 Å². The van der Waals surface area contributed by atoms with Gasteiger partial charge < -0.3 is 5.11 Å². The summed E-state index contributed by atoms with van der Waals surface area (Å²) in [6.45, 7) is 4.61. The zero-order valence-corrected chi connectivity index (χ0v) is 16.6. The Morgan fingerprint density at radius 1 is 1.00 bits per heavy atom. The lowest BCUT2D eigenvalue weighted by atomic mass is 10.0. The van der Waals surface area contributed by atoms with Gasteiger partial charge >= 0.3 is 0 Å². The molecule has 28 heavy (non-hydrogen) atoms. The van der Waals surface area contributed by atoms with Crippen molar-refractivity contribution in [1.82, 2.24) is 4.68 Å². The largest absolute Gasteiger partial charge is 0.507 e. The van der Waals surface area contributed by atoms with Gasteiger partial charge in [-0.05, 0) is 25.3 Å². The number of phenolic OH excluding ortho intramolecular Hbond substituents is 1. The maximum absolute atomic E-state index is 10.8. The lowest BCUT2D eigenvalue weighted by Crippen LogP contribution is -2.14. The van der Waals surface area contributed by atoms with Crippen LogP contribution in [0.15, 0.2) is 82.2 Å². The summed E-state index contributed by atoms with van der Waals surface area (Å²) < 4.78 is 1.87. The van der Waals surface area contributed by atoms with Crippen molar-refractivity contribution < 1.29 is 5.11 Å². The zero-order valence-electron chi connectivity index (χ0n) is 15.8. The SMILES string of the molecule is CCN=c1scc(-c2ccccc2)n1N=C(C)c1ccc2ccccc2c1O. The summed E-state index contributed by atoms with van der Waals surface area (Å²) in [7, 11) is 0. The lowest BCUT2D eigenvalue weighted by Gasteiger charge is -2.09. The summed E-state index contributed by atoms with van der Waals surface area (Å²) in [4.78, 5) is 5.42. The summed E-state index contributed by atoms with van der Waals surface area (Å²) in [5, 5.41) is 19.5. The molecule has 4 aromatic rings. The third-order valence-corrected chi connectivity index (χ3v) is 5.44. The van der Waals surface area contributed by atoms with Crippen LogP contribution in [0.4, 0.5) is 0 Å². The predicted molar refractivity (Wildman–Crippen MR) is 117 cm³/mol. The van der Waals surface area contributed by atoms with Gasteiger partial charge in [-0.15, -0.1) is 11.3 Å². The summed E-state index contributed by atoms with van der Waals surface area (Å²) in [6.07, 6.45) is 0. The molecule has 0 saturated heterocycles. The second-order valence-electron chi connectivity index (χ2n) is 6.42. The zero-order chi connectivity index (χ0) is 19.5. The molecule has 0 bridgehead atoms. The van der Waals surface area contributed by atoms with Crippen LogP contribution >= 0.6 is 11.3 Å². The Hall–Kier alpha value is -3.18. The number of hydrogen-bond acceptors (Lipinski definition) is 4. The molecule has 0 aliphatic heterocycles. The van der Waals surface area contributed by atoms with Crippen molar-refractivity contribution in [3.63, 3.8) is 0 Å². The molecule has 0 fully saturated rings. The van der Waals surface area contributed by atoms with E-state index in [1.807, 2.05) is 73.1 Å². The predicted octanol–water partition coefficient (Wildman–Crippen LogP) is 5.27. The van der Waals surface area contributed by atoms with Crippen LogP contribution in [0.3, 0.4) is 0 Å². The molecular formula is C23H21N3OS. The van der Waals surface area contributed by atoms with Gasteiger partial charge in [-0.1, -0.05) is 60.7 Å². The second kappa shape index (κ2) is 7.82. The number of fused-ring (bicyclic) bond motifs is 1. The van der Waals surface area contributed by atoms with E-state index in [2.05, 4.69) is 22.5 Å². The summed E-state index contributed by atoms with van der Waals surface area (Å²) in [6, 6.07) is 21.9. The van der Waals surface area contributed by atoms with E-state index in [-0.39, 0.29) is 5.75 Å². The number of benzene rings is 3. The fourth-order valence-electron chi connectivity index (χ4n) is 3.20. The summed E-state index contributed by atoms with van der Waals surface area (Å²) in [5.74, 6) is 0.255. The third kappa shape index (κ3) is 3.37. The first kappa shape index (κ1) is 18.2. The van der Waals surface area contributed by atoms with Crippen LogP contribution in [0.1, 0.15) is 19.4 Å². The second-order valence-corrected chi connectivity index (χ2v) is 7.26. The van der Waals surface area contributed by atoms with Crippen LogP contribution in [0.5, 0.6) is 5.75 Å². The van der Waals surface area contributed by atoms with Gasteiger partial charge in [0.25, 0.3) is 0 Å². The van der Waals surface area contributed by atoms with Crippen LogP contribution in [-0.2, 0) is 0 Å². The number of nitrogens with zero attached hydrogens (tertiary/aromatic N) is 3. The maximum Gasteiger partial charge on any atom is 0.206 e. The number of phenols is 1. The molecule has 0 aliphatic rings. The van der Waals surface area contributed by atoms with E-state index in [1.54, 1.807) is 11.3 Å². The highest BCUT2D eigenvalue weighted by Gasteiger charge is 2.12. The molecule has 0 radical (unpaired) electrons. The Bertz CT molecular complexity index is 1220. The molecule has 0 aliphatic carbocycles. The van der Waals surface area contributed by atoms with Crippen molar-refractivity contribution in [2.45, 2.75) is 13.8 Å². The standard InChI is InChI=1S/C23H21N3OS/c1-3-24-23-26(21(15-28-23)18-10-5-4-6-11-18)25-16(2)19-14-13-17-9-7-8-12-20(17)22(19)27/h4-15,27H,3H2,1-2H3. The smallest absolute Gasteiger partial charge is 0.206 e. The quantitative estimate of drug-likeness (QED) is 0.477. The lowest BCUT2D eigenvalue weighted by molar-refractivity contribution is 0.480. The molecule has 4 rings (SSSR count). The average Bonchev–Trinajstić information content (AvgIpc) is 3.11. The van der Waals surface area contributed by atoms with E-state index >= 15 is 0 Å². The van der Waals surface area contributed by atoms with E-state index in [4.69, 9.17) is 5.10 Å². The van der Waals surface area contributed by atoms with Crippen LogP contribution < -0.4 is 4.80 Å². The minimum Gasteiger partial charge on any atom is -0.507 e. The highest BCUT2D eigenvalue weighted by molar-refractivity contribution is 7.07. The Kier molecular flexibility index (Phi) is 5.08. The number of rotatable bonds is 4. The summed E-state index contributed by atoms with van der Waals surface area (Å²) >= 11 is 1.57. The van der Waals surface area contributed by atoms with Crippen LogP contribution in [-0.4, -0.2) is 22.0 Å². The Morgan fingerprint density at radius 2 is 1.75 bits per heavy atom. The van der Waals surface area contributed by atoms with Gasteiger partial charge in [0, 0.05) is 28.4 Å². The Morgan fingerprint density at radius 3 is 2.54 bits per heavy atom. The third-order valence-electron chi connectivity index (χ3n) is 4.59. The molecule has 1 aromatic heterocycles. The molecule has 4 nitrogen and oxygen atoms in total. The van der Waals surface area contributed by atoms with Gasteiger partial charge in [-0.3, -0.25) is 4.99 Å². The van der Waals surface area contributed by atoms with Crippen molar-refractivity contribution >= 4 is 27.8 Å². The highest BCUT2D eigenvalue weighted by Crippen LogP contribution is 2.29. The normalized spacial score (nSPS) is 12.6. The molecule has 1 N–H and O–H groups in total. The fourth-order valence-corrected chi connectivity index (χ4v) is 4.09. The number of thiazole rings is 1. The number of aromatic nitrogens is 1. The minimum atomic E-state index is 0.255. The highest BCUT2D eigenvalue weighted by atomic mass is 32.1. The van der Waals surface area contributed by atoms with Gasteiger partial charge in [-0.25, -0.2) is 4.68 Å². The fraction of sp³-hybridized carbons (Fsp3) is 0.130. The molecule has 3 aromatic carbocycles. The van der Waals surface area contributed by atoms with Gasteiger partial charge in [0.1, 0.15) is 5.75 Å². The van der Waals surface area contributed by atoms with Gasteiger partial charge in [0.15, 0.2) is 0 Å². The van der Waals surface area contributed by atoms with E-state index in [0.29, 0.717) is 6.54 Å². The van der Waals surface area contributed by atoms with Gasteiger partial charge in [-0.2, -0.15) is 5.10 Å². The molecule has 0 unspecified atom stereocenters. The first-order valence-corrected chi connectivity index (χ1v) is 10.1. The first-order chi connectivity index (χ1) is 13.7. The van der Waals surface area contributed by atoms with Crippen molar-refractivity contribution in [2.75, 3.05) is 6.54 Å². The number of aromatic hydroxyl groups is 1. The van der Waals surface area contributed by atoms with Crippen molar-refractivity contribution in [3.05, 3.63) is 82.5 Å². The first-order valence-electron chi connectivity index (χ1n) is 9.22. The topological polar surface area (TPSA) is 49.9 Å². The Labute approximate surface area is 167 Å². The van der Waals surface area contributed by atoms with Gasteiger partial charge in [0.2, 0.25) is 4.80 Å². The maximum atomic E-state index is 10.8. The van der Waals surface area contributed by atoms with E-state index in [0.717, 1.165) is 38.1 Å². The molecule has 140 valence electrons. The molecule has 0 saturated carbocycles. The molecule has 0 atom stereocenters. The van der Waals surface area contributed by atoms with E-state index in [9.17, 15) is 5.11 Å². The molecule has 0 amide bonds. The monoisotopic (exact) mass is 387 g/mol. The Balaban J connectivity index is 1.88. The van der Waals surface area contributed by atoms with Crippen molar-refractivity contribution in [3.8, 4) is 17.0 Å². The molecule has 1 heterocycles. The van der Waals surface area contributed by atoms with E-state index < -0.39 is 0 Å². The van der Waals surface area contributed by atoms with Crippen LogP contribution in [0.25, 0.3) is 22.0 Å². The molecule has 5 heteroatoms. The van der Waals surface area contributed by atoms with Gasteiger partial charge in [0.05, 0.1) is 11.4 Å². The minimum absolute atomic E-state index is 0.255. The summed E-state index contributed by atoms with van der Waals surface area (Å²) in [5.41, 5.74) is 3.52. The van der Waals surface area contributed by atoms with Crippen molar-refractivity contribution in [1.29, 1.82) is 0 Å². The molecular weight excluding hydrogens is 366 g/mol.